The van der Waals surface area contributed by atoms with Crippen molar-refractivity contribution in [3.63, 3.8) is 0 Å². The Kier molecular flexibility index (Phi) is 3.32. The molecule has 6 heteroatoms. The maximum Gasteiger partial charge on any atom is 0.214 e. The van der Waals surface area contributed by atoms with E-state index in [0.29, 0.717) is 0 Å². The van der Waals surface area contributed by atoms with Gasteiger partial charge in [0.2, 0.25) is 9.84 Å². The molecule has 0 aliphatic heterocycles. The van der Waals surface area contributed by atoms with Crippen molar-refractivity contribution in [2.75, 3.05) is 6.26 Å². The quantitative estimate of drug-likeness (QED) is 0.521. The fourth-order valence-electron chi connectivity index (χ4n) is 0.785. The number of hydrogen-bond acceptors (Lipinski definition) is 2. The van der Waals surface area contributed by atoms with E-state index in [0.717, 1.165) is 18.4 Å². The van der Waals surface area contributed by atoms with E-state index in [2.05, 4.69) is 0 Å². The van der Waals surface area contributed by atoms with Crippen LogP contribution in [0.15, 0.2) is 12.1 Å². The molecule has 0 unspecified atom stereocenters. The predicted octanol–water partition coefficient (Wildman–Crippen LogP) is 1.97. The van der Waals surface area contributed by atoms with Crippen molar-refractivity contribution in [3.05, 3.63) is 34.4 Å². The Balaban J connectivity index is 3.37. The molecule has 0 saturated heterocycles. The van der Waals surface area contributed by atoms with E-state index in [1.165, 1.54) is 0 Å². The van der Waals surface area contributed by atoms with Crippen molar-refractivity contribution in [1.29, 1.82) is 0 Å². The van der Waals surface area contributed by atoms with E-state index >= 15 is 0 Å². The molecule has 15 heavy (non-hydrogen) atoms. The lowest BCUT2D eigenvalue weighted by atomic mass is 10.2. The van der Waals surface area contributed by atoms with Crippen molar-refractivity contribution in [3.8, 4) is 11.2 Å². The topological polar surface area (TPSA) is 34.1 Å². The van der Waals surface area contributed by atoms with Gasteiger partial charge in [-0.3, -0.25) is 0 Å². The fraction of sp³-hybridized carbons (Fsp3) is 0.111. The first-order valence-electron chi connectivity index (χ1n) is 3.67. The Morgan fingerprint density at radius 3 is 2.47 bits per heavy atom. The van der Waals surface area contributed by atoms with Gasteiger partial charge in [-0.1, -0.05) is 11.6 Å². The molecule has 0 aliphatic rings. The molecule has 80 valence electrons. The normalized spacial score (nSPS) is 10.7. The van der Waals surface area contributed by atoms with Crippen molar-refractivity contribution in [1.82, 2.24) is 0 Å². The summed E-state index contributed by atoms with van der Waals surface area (Å²) in [4.78, 5) is 0. The van der Waals surface area contributed by atoms with Crippen LogP contribution >= 0.6 is 11.6 Å². The first-order valence-corrected chi connectivity index (χ1v) is 5.94. The lowest BCUT2D eigenvalue weighted by molar-refractivity contribution is 0.578. The van der Waals surface area contributed by atoms with Gasteiger partial charge in [-0.25, -0.2) is 17.2 Å². The van der Waals surface area contributed by atoms with Crippen LogP contribution in [-0.2, 0) is 9.84 Å². The molecular weight excluding hydrogens is 246 g/mol. The smallest absolute Gasteiger partial charge is 0.214 e. The monoisotopic (exact) mass is 250 g/mol. The molecule has 0 bridgehead atoms. The standard InChI is InChI=1S/C9H5ClF2O2S/c1-15(13,14)5-4-6-8(11)3-2-7(10)9(6)12/h2-3H,1H3. The van der Waals surface area contributed by atoms with E-state index in [-0.39, 0.29) is 5.02 Å². The minimum Gasteiger partial charge on any atom is -0.216 e. The van der Waals surface area contributed by atoms with Crippen molar-refractivity contribution in [2.24, 2.45) is 0 Å². The summed E-state index contributed by atoms with van der Waals surface area (Å²) < 4.78 is 47.5. The Labute approximate surface area is 90.8 Å². The van der Waals surface area contributed by atoms with Crippen LogP contribution in [0.5, 0.6) is 0 Å². The summed E-state index contributed by atoms with van der Waals surface area (Å²) in [6.45, 7) is 0. The van der Waals surface area contributed by atoms with Gasteiger partial charge in [0.1, 0.15) is 5.82 Å². The minimum atomic E-state index is -3.61. The molecule has 1 aromatic rings. The Morgan fingerprint density at radius 2 is 1.93 bits per heavy atom. The number of halogens is 3. The average Bonchev–Trinajstić information content (AvgIpc) is 2.10. The highest BCUT2D eigenvalue weighted by molar-refractivity contribution is 7.95. The number of hydrogen-bond donors (Lipinski definition) is 0. The molecule has 0 amide bonds. The molecule has 0 fully saturated rings. The summed E-state index contributed by atoms with van der Waals surface area (Å²) in [5, 5.41) is 1.42. The minimum absolute atomic E-state index is 0.311. The van der Waals surface area contributed by atoms with Gasteiger partial charge < -0.3 is 0 Å². The summed E-state index contributed by atoms with van der Waals surface area (Å²) in [6.07, 6.45) is 0.834. The maximum atomic E-state index is 13.2. The summed E-state index contributed by atoms with van der Waals surface area (Å²) in [7, 11) is -3.61. The maximum absolute atomic E-state index is 13.2. The number of sulfone groups is 1. The van der Waals surface area contributed by atoms with Crippen LogP contribution in [0.2, 0.25) is 5.02 Å². The van der Waals surface area contributed by atoms with Crippen molar-refractivity contribution in [2.45, 2.75) is 0 Å². The molecule has 0 heterocycles. The van der Waals surface area contributed by atoms with E-state index in [1.807, 2.05) is 5.92 Å². The highest BCUT2D eigenvalue weighted by Gasteiger charge is 2.10. The SMILES string of the molecule is CS(=O)(=O)C#Cc1c(F)ccc(Cl)c1F. The molecular formula is C9H5ClF2O2S. The predicted molar refractivity (Wildman–Crippen MR) is 53.1 cm³/mol. The summed E-state index contributed by atoms with van der Waals surface area (Å²) in [5.41, 5.74) is -0.645. The average molecular weight is 251 g/mol. The second-order valence-corrected chi connectivity index (χ2v) is 4.87. The van der Waals surface area contributed by atoms with Gasteiger partial charge in [0.05, 0.1) is 16.8 Å². The van der Waals surface area contributed by atoms with Gasteiger partial charge in [0.15, 0.2) is 5.82 Å². The molecule has 0 aliphatic carbocycles. The molecule has 0 atom stereocenters. The van der Waals surface area contributed by atoms with Crippen LogP contribution in [0, 0.1) is 22.8 Å². The first-order chi connectivity index (χ1) is 6.81. The molecule has 1 aromatic carbocycles. The van der Waals surface area contributed by atoms with Gasteiger partial charge in [-0.2, -0.15) is 0 Å². The van der Waals surface area contributed by atoms with E-state index < -0.39 is 27.0 Å². The van der Waals surface area contributed by atoms with Gasteiger partial charge in [0, 0.05) is 5.25 Å². The molecule has 0 N–H and O–H groups in total. The van der Waals surface area contributed by atoms with E-state index in [1.54, 1.807) is 5.25 Å². The Hall–Kier alpha value is -1.12. The van der Waals surface area contributed by atoms with Crippen molar-refractivity contribution >= 4 is 21.4 Å². The molecule has 0 radical (unpaired) electrons. The van der Waals surface area contributed by atoms with Gasteiger partial charge in [0.25, 0.3) is 0 Å². The largest absolute Gasteiger partial charge is 0.216 e. The molecule has 2 nitrogen and oxygen atoms in total. The molecule has 0 saturated carbocycles. The molecule has 0 spiro atoms. The number of rotatable bonds is 0. The summed E-state index contributed by atoms with van der Waals surface area (Å²) in [5.74, 6) is -0.124. The third kappa shape index (κ3) is 3.18. The molecule has 0 aromatic heterocycles. The van der Waals surface area contributed by atoms with E-state index in [4.69, 9.17) is 11.6 Å². The first kappa shape index (κ1) is 12.0. The highest BCUT2D eigenvalue weighted by Crippen LogP contribution is 2.19. The van der Waals surface area contributed by atoms with Gasteiger partial charge >= 0.3 is 0 Å². The zero-order valence-corrected chi connectivity index (χ0v) is 9.09. The third-order valence-electron chi connectivity index (χ3n) is 1.41. The highest BCUT2D eigenvalue weighted by atomic mass is 35.5. The summed E-state index contributed by atoms with van der Waals surface area (Å²) in [6, 6.07) is 1.94. The van der Waals surface area contributed by atoms with E-state index in [9.17, 15) is 17.2 Å². The van der Waals surface area contributed by atoms with Gasteiger partial charge in [-0.05, 0) is 18.1 Å². The second-order valence-electron chi connectivity index (χ2n) is 2.72. The van der Waals surface area contributed by atoms with Crippen LogP contribution in [0.25, 0.3) is 0 Å². The lowest BCUT2D eigenvalue weighted by Crippen LogP contribution is -1.94. The second kappa shape index (κ2) is 4.17. The number of benzene rings is 1. The molecule has 1 rings (SSSR count). The Morgan fingerprint density at radius 1 is 1.33 bits per heavy atom. The van der Waals surface area contributed by atoms with Crippen LogP contribution in [0.1, 0.15) is 5.56 Å². The van der Waals surface area contributed by atoms with Crippen molar-refractivity contribution < 1.29 is 17.2 Å². The zero-order chi connectivity index (χ0) is 11.6. The van der Waals surface area contributed by atoms with Gasteiger partial charge in [-0.15, -0.1) is 0 Å². The Bertz CT molecular complexity index is 555. The zero-order valence-electron chi connectivity index (χ0n) is 7.51. The van der Waals surface area contributed by atoms with Crippen LogP contribution < -0.4 is 0 Å². The fourth-order valence-corrected chi connectivity index (χ4v) is 1.23. The van der Waals surface area contributed by atoms with Crippen LogP contribution in [-0.4, -0.2) is 14.7 Å². The summed E-state index contributed by atoms with van der Waals surface area (Å²) >= 11 is 5.38. The van der Waals surface area contributed by atoms with Crippen LogP contribution in [0.3, 0.4) is 0 Å². The third-order valence-corrected chi connectivity index (χ3v) is 2.17. The lowest BCUT2D eigenvalue weighted by Gasteiger charge is -1.98. The van der Waals surface area contributed by atoms with Crippen LogP contribution in [0.4, 0.5) is 8.78 Å².